The minimum Gasteiger partial charge on any atom is -0.376 e. The number of rotatable bonds is 2. The van der Waals surface area contributed by atoms with Crippen LogP contribution < -0.4 is 5.32 Å². The van der Waals surface area contributed by atoms with Crippen LogP contribution in [0.15, 0.2) is 48.6 Å². The summed E-state index contributed by atoms with van der Waals surface area (Å²) in [5, 5.41) is 3.60. The first-order valence-corrected chi connectivity index (χ1v) is 5.81. The number of hydrogen-bond acceptors (Lipinski definition) is 1. The highest BCUT2D eigenvalue weighted by Gasteiger charge is 2.27. The molecule has 1 aromatic carbocycles. The summed E-state index contributed by atoms with van der Waals surface area (Å²) in [5.41, 5.74) is 2.49. The molecule has 0 radical (unpaired) electrons. The second-order valence-corrected chi connectivity index (χ2v) is 4.81. The van der Waals surface area contributed by atoms with Gasteiger partial charge < -0.3 is 5.32 Å². The number of allylic oxidation sites excluding steroid dienone is 2. The predicted octanol–water partition coefficient (Wildman–Crippen LogP) is 3.93. The largest absolute Gasteiger partial charge is 0.376 e. The van der Waals surface area contributed by atoms with Crippen LogP contribution in [0.3, 0.4) is 0 Å². The lowest BCUT2D eigenvalue weighted by molar-refractivity contribution is 0.493. The summed E-state index contributed by atoms with van der Waals surface area (Å²) in [6.07, 6.45) is 8.70. The van der Waals surface area contributed by atoms with Crippen LogP contribution in [0.25, 0.3) is 0 Å². The number of aryl methyl sites for hydroxylation is 1. The average Bonchev–Trinajstić information content (AvgIpc) is 2.26. The molecular weight excluding hydrogens is 194 g/mol. The van der Waals surface area contributed by atoms with E-state index < -0.39 is 0 Å². The molecular formula is C15H19N. The third-order valence-corrected chi connectivity index (χ3v) is 3.36. The minimum absolute atomic E-state index is 0.0179. The van der Waals surface area contributed by atoms with E-state index in [1.165, 1.54) is 11.3 Å². The Kier molecular flexibility index (Phi) is 2.86. The molecule has 0 aromatic heterocycles. The van der Waals surface area contributed by atoms with Gasteiger partial charge in [0.15, 0.2) is 0 Å². The van der Waals surface area contributed by atoms with Crippen LogP contribution in [0.1, 0.15) is 19.4 Å². The third-order valence-electron chi connectivity index (χ3n) is 3.36. The molecule has 1 nitrogen and oxygen atoms in total. The molecule has 1 aliphatic carbocycles. The summed E-state index contributed by atoms with van der Waals surface area (Å²) in [4.78, 5) is 0. The Hall–Kier alpha value is -1.50. The zero-order valence-electron chi connectivity index (χ0n) is 10.2. The SMILES string of the molecule is Cc1ccc(NC2(C)C=CC=CC2C)cc1. The van der Waals surface area contributed by atoms with Gasteiger partial charge in [0.2, 0.25) is 0 Å². The van der Waals surface area contributed by atoms with Crippen molar-refractivity contribution in [1.82, 2.24) is 0 Å². The van der Waals surface area contributed by atoms with Crippen LogP contribution >= 0.6 is 0 Å². The van der Waals surface area contributed by atoms with Gasteiger partial charge in [0.1, 0.15) is 0 Å². The summed E-state index contributed by atoms with van der Waals surface area (Å²) in [5.74, 6) is 0.499. The van der Waals surface area contributed by atoms with Crippen molar-refractivity contribution in [1.29, 1.82) is 0 Å². The van der Waals surface area contributed by atoms with Crippen molar-refractivity contribution in [3.05, 3.63) is 54.1 Å². The number of anilines is 1. The summed E-state index contributed by atoms with van der Waals surface area (Å²) in [6, 6.07) is 8.55. The highest BCUT2D eigenvalue weighted by atomic mass is 15.0. The summed E-state index contributed by atoms with van der Waals surface area (Å²) in [6.45, 7) is 6.58. The van der Waals surface area contributed by atoms with Crippen molar-refractivity contribution in [3.63, 3.8) is 0 Å². The van der Waals surface area contributed by atoms with Crippen molar-refractivity contribution >= 4 is 5.69 Å². The predicted molar refractivity (Wildman–Crippen MR) is 70.7 cm³/mol. The first-order valence-electron chi connectivity index (χ1n) is 5.81. The normalized spacial score (nSPS) is 28.1. The van der Waals surface area contributed by atoms with Gasteiger partial charge in [0, 0.05) is 11.6 Å². The van der Waals surface area contributed by atoms with E-state index in [0.29, 0.717) is 5.92 Å². The lowest BCUT2D eigenvalue weighted by Crippen LogP contribution is -2.39. The molecule has 0 saturated heterocycles. The smallest absolute Gasteiger partial charge is 0.0591 e. The molecule has 0 bridgehead atoms. The van der Waals surface area contributed by atoms with Gasteiger partial charge in [0.25, 0.3) is 0 Å². The zero-order chi connectivity index (χ0) is 11.6. The van der Waals surface area contributed by atoms with Gasteiger partial charge in [-0.2, -0.15) is 0 Å². The average molecular weight is 213 g/mol. The molecule has 0 heterocycles. The lowest BCUT2D eigenvalue weighted by Gasteiger charge is -2.35. The van der Waals surface area contributed by atoms with Crippen molar-refractivity contribution in [2.24, 2.45) is 5.92 Å². The van der Waals surface area contributed by atoms with E-state index in [1.807, 2.05) is 0 Å². The molecule has 1 aliphatic rings. The topological polar surface area (TPSA) is 12.0 Å². The van der Waals surface area contributed by atoms with Crippen LogP contribution in [0.2, 0.25) is 0 Å². The van der Waals surface area contributed by atoms with Gasteiger partial charge in [-0.05, 0) is 26.0 Å². The van der Waals surface area contributed by atoms with Crippen LogP contribution in [-0.4, -0.2) is 5.54 Å². The van der Waals surface area contributed by atoms with Crippen LogP contribution in [0.4, 0.5) is 5.69 Å². The maximum absolute atomic E-state index is 3.60. The summed E-state index contributed by atoms with van der Waals surface area (Å²) < 4.78 is 0. The quantitative estimate of drug-likeness (QED) is 0.785. The summed E-state index contributed by atoms with van der Waals surface area (Å²) >= 11 is 0. The van der Waals surface area contributed by atoms with E-state index >= 15 is 0 Å². The molecule has 0 aliphatic heterocycles. The standard InChI is InChI=1S/C15H19N/c1-12-7-9-14(10-8-12)16-15(3)11-5-4-6-13(15)2/h4-11,13,16H,1-3H3. The molecule has 1 heteroatoms. The van der Waals surface area contributed by atoms with E-state index in [-0.39, 0.29) is 5.54 Å². The Bertz CT molecular complexity index is 414. The van der Waals surface area contributed by atoms with Gasteiger partial charge in [0.05, 0.1) is 5.54 Å². The second kappa shape index (κ2) is 4.17. The van der Waals surface area contributed by atoms with E-state index in [2.05, 4.69) is 74.7 Å². The first kappa shape index (κ1) is 11.0. The van der Waals surface area contributed by atoms with E-state index in [4.69, 9.17) is 0 Å². The maximum atomic E-state index is 3.60. The molecule has 16 heavy (non-hydrogen) atoms. The Morgan fingerprint density at radius 1 is 1.12 bits per heavy atom. The van der Waals surface area contributed by atoms with Crippen LogP contribution in [-0.2, 0) is 0 Å². The molecule has 0 amide bonds. The third kappa shape index (κ3) is 2.19. The monoisotopic (exact) mass is 213 g/mol. The Morgan fingerprint density at radius 2 is 1.81 bits per heavy atom. The molecule has 2 atom stereocenters. The Morgan fingerprint density at radius 3 is 2.44 bits per heavy atom. The fourth-order valence-corrected chi connectivity index (χ4v) is 1.94. The van der Waals surface area contributed by atoms with Crippen molar-refractivity contribution in [2.75, 3.05) is 5.32 Å². The molecule has 0 spiro atoms. The minimum atomic E-state index is 0.0179. The molecule has 1 N–H and O–H groups in total. The number of hydrogen-bond donors (Lipinski definition) is 1. The van der Waals surface area contributed by atoms with E-state index in [1.54, 1.807) is 0 Å². The van der Waals surface area contributed by atoms with Gasteiger partial charge in [-0.25, -0.2) is 0 Å². The molecule has 0 fully saturated rings. The molecule has 0 saturated carbocycles. The molecule has 84 valence electrons. The Labute approximate surface area is 97.9 Å². The van der Waals surface area contributed by atoms with Crippen molar-refractivity contribution in [2.45, 2.75) is 26.3 Å². The fourth-order valence-electron chi connectivity index (χ4n) is 1.94. The van der Waals surface area contributed by atoms with Crippen molar-refractivity contribution in [3.8, 4) is 0 Å². The lowest BCUT2D eigenvalue weighted by atomic mass is 9.83. The van der Waals surface area contributed by atoms with Gasteiger partial charge in [-0.3, -0.25) is 0 Å². The van der Waals surface area contributed by atoms with Gasteiger partial charge in [-0.15, -0.1) is 0 Å². The van der Waals surface area contributed by atoms with Gasteiger partial charge in [-0.1, -0.05) is 48.9 Å². The molecule has 1 aromatic rings. The van der Waals surface area contributed by atoms with E-state index in [0.717, 1.165) is 0 Å². The van der Waals surface area contributed by atoms with Crippen LogP contribution in [0, 0.1) is 12.8 Å². The Balaban J connectivity index is 2.17. The highest BCUT2D eigenvalue weighted by Crippen LogP contribution is 2.28. The maximum Gasteiger partial charge on any atom is 0.0591 e. The van der Waals surface area contributed by atoms with Gasteiger partial charge >= 0.3 is 0 Å². The highest BCUT2D eigenvalue weighted by molar-refractivity contribution is 5.49. The molecule has 2 unspecified atom stereocenters. The number of nitrogens with one attached hydrogen (secondary N) is 1. The number of benzene rings is 1. The zero-order valence-corrected chi connectivity index (χ0v) is 10.2. The molecule has 2 rings (SSSR count). The second-order valence-electron chi connectivity index (χ2n) is 4.81. The van der Waals surface area contributed by atoms with E-state index in [9.17, 15) is 0 Å². The summed E-state index contributed by atoms with van der Waals surface area (Å²) in [7, 11) is 0. The van der Waals surface area contributed by atoms with Crippen molar-refractivity contribution < 1.29 is 0 Å². The van der Waals surface area contributed by atoms with Crippen LogP contribution in [0.5, 0.6) is 0 Å². The first-order chi connectivity index (χ1) is 7.60. The fraction of sp³-hybridized carbons (Fsp3) is 0.333.